The van der Waals surface area contributed by atoms with Gasteiger partial charge in [0, 0.05) is 25.2 Å². The summed E-state index contributed by atoms with van der Waals surface area (Å²) in [5.41, 5.74) is 1.88. The minimum atomic E-state index is -0.258. The van der Waals surface area contributed by atoms with E-state index in [4.69, 9.17) is 9.47 Å². The number of amides is 1. The monoisotopic (exact) mass is 357 g/mol. The Morgan fingerprint density at radius 2 is 1.92 bits per heavy atom. The summed E-state index contributed by atoms with van der Waals surface area (Å²) in [6.07, 6.45) is 1.58. The van der Waals surface area contributed by atoms with Crippen LogP contribution in [0.1, 0.15) is 24.0 Å². The summed E-state index contributed by atoms with van der Waals surface area (Å²) in [7, 11) is 0. The average Bonchev–Trinajstić information content (AvgIpc) is 2.66. The number of halogens is 1. The molecule has 1 aliphatic heterocycles. The smallest absolute Gasteiger partial charge is 0.257 e. The van der Waals surface area contributed by atoms with Crippen LogP contribution in [0.2, 0.25) is 0 Å². The Hall–Kier alpha value is -2.40. The van der Waals surface area contributed by atoms with Gasteiger partial charge in [-0.15, -0.1) is 0 Å². The molecule has 0 aliphatic carbocycles. The van der Waals surface area contributed by atoms with Crippen LogP contribution in [-0.4, -0.2) is 32.3 Å². The summed E-state index contributed by atoms with van der Waals surface area (Å²) in [6.45, 7) is 3.70. The first-order valence-electron chi connectivity index (χ1n) is 8.87. The van der Waals surface area contributed by atoms with E-state index < -0.39 is 0 Å². The summed E-state index contributed by atoms with van der Waals surface area (Å²) >= 11 is 0. The molecule has 0 atom stereocenters. The van der Waals surface area contributed by atoms with Crippen molar-refractivity contribution in [3.63, 3.8) is 0 Å². The Balaban J connectivity index is 1.60. The van der Waals surface area contributed by atoms with Crippen molar-refractivity contribution in [3.8, 4) is 5.75 Å². The van der Waals surface area contributed by atoms with E-state index in [0.717, 1.165) is 24.0 Å². The van der Waals surface area contributed by atoms with Crippen LogP contribution in [0.4, 0.5) is 4.39 Å². The fourth-order valence-electron chi connectivity index (χ4n) is 3.31. The molecule has 1 amide bonds. The predicted octanol–water partition coefficient (Wildman–Crippen LogP) is 3.38. The van der Waals surface area contributed by atoms with Gasteiger partial charge in [0.2, 0.25) is 0 Å². The van der Waals surface area contributed by atoms with Gasteiger partial charge in [-0.2, -0.15) is 0 Å². The minimum absolute atomic E-state index is 0.0283. The van der Waals surface area contributed by atoms with Crippen molar-refractivity contribution in [2.45, 2.75) is 25.2 Å². The fourth-order valence-corrected chi connectivity index (χ4v) is 3.31. The first kappa shape index (κ1) is 18.4. The Kier molecular flexibility index (Phi) is 5.89. The number of hydrogen-bond acceptors (Lipinski definition) is 3. The molecule has 2 aromatic rings. The van der Waals surface area contributed by atoms with Crippen LogP contribution >= 0.6 is 0 Å². The Labute approximate surface area is 153 Å². The van der Waals surface area contributed by atoms with Crippen LogP contribution in [0.5, 0.6) is 5.75 Å². The van der Waals surface area contributed by atoms with Gasteiger partial charge in [-0.1, -0.05) is 24.3 Å². The van der Waals surface area contributed by atoms with Crippen LogP contribution < -0.4 is 10.1 Å². The second-order valence-electron chi connectivity index (χ2n) is 6.78. The van der Waals surface area contributed by atoms with Crippen molar-refractivity contribution in [1.82, 2.24) is 5.32 Å². The van der Waals surface area contributed by atoms with Crippen LogP contribution in [0, 0.1) is 12.7 Å². The van der Waals surface area contributed by atoms with Gasteiger partial charge >= 0.3 is 0 Å². The lowest BCUT2D eigenvalue weighted by atomic mass is 9.74. The second-order valence-corrected chi connectivity index (χ2v) is 6.78. The van der Waals surface area contributed by atoms with Gasteiger partial charge in [0.15, 0.2) is 6.61 Å². The lowest BCUT2D eigenvalue weighted by Gasteiger charge is -2.38. The molecule has 138 valence electrons. The molecule has 1 fully saturated rings. The van der Waals surface area contributed by atoms with Crippen molar-refractivity contribution in [3.05, 3.63) is 65.5 Å². The van der Waals surface area contributed by atoms with Gasteiger partial charge in [0.25, 0.3) is 5.91 Å². The number of carbonyl (C=O) groups excluding carboxylic acids is 1. The first-order valence-corrected chi connectivity index (χ1v) is 8.87. The third kappa shape index (κ3) is 4.61. The summed E-state index contributed by atoms with van der Waals surface area (Å²) in [5, 5.41) is 2.98. The molecule has 3 rings (SSSR count). The molecule has 1 N–H and O–H groups in total. The van der Waals surface area contributed by atoms with E-state index in [0.29, 0.717) is 25.5 Å². The first-order chi connectivity index (χ1) is 12.6. The molecule has 5 heteroatoms. The molecule has 1 heterocycles. The Morgan fingerprint density at radius 1 is 1.19 bits per heavy atom. The molecule has 0 aromatic heterocycles. The maximum Gasteiger partial charge on any atom is 0.257 e. The highest BCUT2D eigenvalue weighted by molar-refractivity contribution is 5.77. The quantitative estimate of drug-likeness (QED) is 0.862. The number of aryl methyl sites for hydroxylation is 1. The van der Waals surface area contributed by atoms with E-state index >= 15 is 0 Å². The summed E-state index contributed by atoms with van der Waals surface area (Å²) in [6, 6.07) is 14.1. The van der Waals surface area contributed by atoms with E-state index in [-0.39, 0.29) is 23.7 Å². The lowest BCUT2D eigenvalue weighted by Crippen LogP contribution is -2.45. The van der Waals surface area contributed by atoms with Gasteiger partial charge < -0.3 is 14.8 Å². The van der Waals surface area contributed by atoms with Crippen molar-refractivity contribution in [2.75, 3.05) is 26.4 Å². The van der Waals surface area contributed by atoms with Crippen molar-refractivity contribution < 1.29 is 18.7 Å². The normalized spacial score (nSPS) is 16.1. The molecule has 1 aliphatic rings. The van der Waals surface area contributed by atoms with Gasteiger partial charge in [0.1, 0.15) is 11.6 Å². The van der Waals surface area contributed by atoms with Crippen LogP contribution in [0.3, 0.4) is 0 Å². The maximum atomic E-state index is 13.3. The van der Waals surface area contributed by atoms with Crippen LogP contribution in [-0.2, 0) is 14.9 Å². The zero-order valence-electron chi connectivity index (χ0n) is 15.0. The molecule has 2 aromatic carbocycles. The third-order valence-electron chi connectivity index (χ3n) is 4.89. The SMILES string of the molecule is Cc1cccc(OCC(=O)NCC2(c3ccc(F)cc3)CCOCC2)c1. The number of nitrogens with one attached hydrogen (secondary N) is 1. The molecule has 0 bridgehead atoms. The second kappa shape index (κ2) is 8.32. The highest BCUT2D eigenvalue weighted by Gasteiger charge is 2.34. The number of rotatable bonds is 6. The van der Waals surface area contributed by atoms with Gasteiger partial charge in [-0.25, -0.2) is 4.39 Å². The molecular formula is C21H24FNO3. The van der Waals surface area contributed by atoms with Crippen molar-refractivity contribution in [2.24, 2.45) is 0 Å². The van der Waals surface area contributed by atoms with Gasteiger partial charge in [-0.3, -0.25) is 4.79 Å². The van der Waals surface area contributed by atoms with Gasteiger partial charge in [0.05, 0.1) is 0 Å². The standard InChI is InChI=1S/C21H24FNO3/c1-16-3-2-4-19(13-16)26-14-20(24)23-15-21(9-11-25-12-10-21)17-5-7-18(22)8-6-17/h2-8,13H,9-12,14-15H2,1H3,(H,23,24). The van der Waals surface area contributed by atoms with Crippen molar-refractivity contribution >= 4 is 5.91 Å². The fraction of sp³-hybridized carbons (Fsp3) is 0.381. The summed E-state index contributed by atoms with van der Waals surface area (Å²) in [5.74, 6) is 0.255. The highest BCUT2D eigenvalue weighted by atomic mass is 19.1. The zero-order chi connectivity index (χ0) is 18.4. The largest absolute Gasteiger partial charge is 0.484 e. The van der Waals surface area contributed by atoms with E-state index in [9.17, 15) is 9.18 Å². The maximum absolute atomic E-state index is 13.3. The molecule has 0 radical (unpaired) electrons. The third-order valence-corrected chi connectivity index (χ3v) is 4.89. The molecule has 4 nitrogen and oxygen atoms in total. The van der Waals surface area contributed by atoms with Crippen LogP contribution in [0.15, 0.2) is 48.5 Å². The van der Waals surface area contributed by atoms with Gasteiger partial charge in [-0.05, 0) is 55.2 Å². The van der Waals surface area contributed by atoms with Crippen molar-refractivity contribution in [1.29, 1.82) is 0 Å². The summed E-state index contributed by atoms with van der Waals surface area (Å²) in [4.78, 5) is 12.2. The number of ether oxygens (including phenoxy) is 2. The van der Waals surface area contributed by atoms with E-state index in [1.54, 1.807) is 12.1 Å². The number of carbonyl (C=O) groups is 1. The lowest BCUT2D eigenvalue weighted by molar-refractivity contribution is -0.123. The molecule has 26 heavy (non-hydrogen) atoms. The van der Waals surface area contributed by atoms with E-state index in [2.05, 4.69) is 5.32 Å². The average molecular weight is 357 g/mol. The Morgan fingerprint density at radius 3 is 2.62 bits per heavy atom. The molecular weight excluding hydrogens is 333 g/mol. The minimum Gasteiger partial charge on any atom is -0.484 e. The van der Waals surface area contributed by atoms with E-state index in [1.165, 1.54) is 12.1 Å². The Bertz CT molecular complexity index is 739. The molecule has 0 spiro atoms. The van der Waals surface area contributed by atoms with Crippen LogP contribution in [0.25, 0.3) is 0 Å². The molecule has 1 saturated heterocycles. The highest BCUT2D eigenvalue weighted by Crippen LogP contribution is 2.34. The van der Waals surface area contributed by atoms with E-state index in [1.807, 2.05) is 31.2 Å². The molecule has 0 saturated carbocycles. The summed E-state index contributed by atoms with van der Waals surface area (Å²) < 4.78 is 24.3. The predicted molar refractivity (Wildman–Crippen MR) is 97.8 cm³/mol. The zero-order valence-corrected chi connectivity index (χ0v) is 15.0. The topological polar surface area (TPSA) is 47.6 Å². The number of hydrogen-bond donors (Lipinski definition) is 1. The molecule has 0 unspecified atom stereocenters. The number of benzene rings is 2.